The SMILES string of the molecule is Cc1c(S(=O)(=O)N2CCN(C(=O)CCn3ccc([N+](=O)[O-])n3)CC2)cnn1C. The number of aryl methyl sites for hydroxylation is 2. The molecule has 2 aromatic rings. The Morgan fingerprint density at radius 1 is 1.29 bits per heavy atom. The molecule has 0 radical (unpaired) electrons. The molecule has 28 heavy (non-hydrogen) atoms. The predicted molar refractivity (Wildman–Crippen MR) is 96.8 cm³/mol. The monoisotopic (exact) mass is 411 g/mol. The van der Waals surface area contributed by atoms with E-state index in [9.17, 15) is 23.3 Å². The van der Waals surface area contributed by atoms with Crippen molar-refractivity contribution in [3.8, 4) is 0 Å². The van der Waals surface area contributed by atoms with Crippen LogP contribution in [-0.4, -0.2) is 74.2 Å². The summed E-state index contributed by atoms with van der Waals surface area (Å²) in [6, 6.07) is 1.27. The van der Waals surface area contributed by atoms with Crippen LogP contribution in [0.1, 0.15) is 12.1 Å². The maximum atomic E-state index is 12.8. The first-order valence-electron chi connectivity index (χ1n) is 8.64. The Hall–Kier alpha value is -2.80. The molecular weight excluding hydrogens is 390 g/mol. The number of aromatic nitrogens is 4. The van der Waals surface area contributed by atoms with E-state index >= 15 is 0 Å². The molecule has 0 aliphatic carbocycles. The van der Waals surface area contributed by atoms with Crippen LogP contribution in [0.4, 0.5) is 5.82 Å². The van der Waals surface area contributed by atoms with E-state index in [-0.39, 0.29) is 55.8 Å². The summed E-state index contributed by atoms with van der Waals surface area (Å²) >= 11 is 0. The second-order valence-electron chi connectivity index (χ2n) is 6.45. The Morgan fingerprint density at radius 2 is 1.96 bits per heavy atom. The van der Waals surface area contributed by atoms with Crippen molar-refractivity contribution in [3.05, 3.63) is 34.3 Å². The van der Waals surface area contributed by atoms with Crippen molar-refractivity contribution in [1.29, 1.82) is 0 Å². The van der Waals surface area contributed by atoms with Crippen molar-refractivity contribution in [1.82, 2.24) is 28.8 Å². The molecule has 1 saturated heterocycles. The van der Waals surface area contributed by atoms with Crippen molar-refractivity contribution in [3.63, 3.8) is 0 Å². The molecule has 1 amide bonds. The summed E-state index contributed by atoms with van der Waals surface area (Å²) in [6.07, 6.45) is 2.92. The largest absolute Gasteiger partial charge is 0.389 e. The first-order valence-corrected chi connectivity index (χ1v) is 10.1. The molecule has 3 heterocycles. The fraction of sp³-hybridized carbons (Fsp3) is 0.533. The van der Waals surface area contributed by atoms with E-state index in [4.69, 9.17) is 0 Å². The summed E-state index contributed by atoms with van der Waals surface area (Å²) in [5, 5.41) is 18.4. The van der Waals surface area contributed by atoms with Crippen LogP contribution in [0, 0.1) is 17.0 Å². The molecule has 12 nitrogen and oxygen atoms in total. The van der Waals surface area contributed by atoms with Crippen molar-refractivity contribution >= 4 is 21.7 Å². The Balaban J connectivity index is 1.55. The van der Waals surface area contributed by atoms with Crippen LogP contribution >= 0.6 is 0 Å². The van der Waals surface area contributed by atoms with Gasteiger partial charge in [0.05, 0.1) is 35.8 Å². The number of carbonyl (C=O) groups excluding carboxylic acids is 1. The standard InChI is InChI=1S/C15H21N7O5S/c1-12-13(11-16-18(12)2)28(26,27)21-9-7-19(8-10-21)15(23)4-6-20-5-3-14(17-20)22(24)25/h3,5,11H,4,6-10H2,1-2H3. The van der Waals surface area contributed by atoms with Crippen molar-refractivity contribution < 1.29 is 18.1 Å². The highest BCUT2D eigenvalue weighted by Crippen LogP contribution is 2.20. The number of carbonyl (C=O) groups is 1. The lowest BCUT2D eigenvalue weighted by molar-refractivity contribution is -0.389. The van der Waals surface area contributed by atoms with Gasteiger partial charge in [0.25, 0.3) is 0 Å². The third-order valence-corrected chi connectivity index (χ3v) is 6.77. The molecule has 1 fully saturated rings. The average molecular weight is 411 g/mol. The summed E-state index contributed by atoms with van der Waals surface area (Å²) in [5.74, 6) is -0.412. The number of hydrogen-bond acceptors (Lipinski definition) is 7. The highest BCUT2D eigenvalue weighted by atomic mass is 32.2. The number of amides is 1. The summed E-state index contributed by atoms with van der Waals surface area (Å²) in [6.45, 7) is 2.90. The van der Waals surface area contributed by atoms with Gasteiger partial charge in [-0.25, -0.2) is 8.42 Å². The molecule has 3 rings (SSSR count). The minimum Gasteiger partial charge on any atom is -0.358 e. The molecular formula is C15H21N7O5S. The third kappa shape index (κ3) is 3.89. The van der Waals surface area contributed by atoms with Gasteiger partial charge >= 0.3 is 5.82 Å². The van der Waals surface area contributed by atoms with Gasteiger partial charge in [-0.15, -0.1) is 0 Å². The highest BCUT2D eigenvalue weighted by Gasteiger charge is 2.32. The van der Waals surface area contributed by atoms with Crippen LogP contribution in [0.15, 0.2) is 23.4 Å². The molecule has 1 aliphatic rings. The van der Waals surface area contributed by atoms with Crippen LogP contribution in [0.25, 0.3) is 0 Å². The molecule has 152 valence electrons. The smallest absolute Gasteiger partial charge is 0.358 e. The second-order valence-corrected chi connectivity index (χ2v) is 8.35. The Morgan fingerprint density at radius 3 is 2.50 bits per heavy atom. The van der Waals surface area contributed by atoms with Crippen LogP contribution < -0.4 is 0 Å². The van der Waals surface area contributed by atoms with Crippen LogP contribution in [0.2, 0.25) is 0 Å². The average Bonchev–Trinajstić information content (AvgIpc) is 3.27. The lowest BCUT2D eigenvalue weighted by atomic mass is 10.3. The summed E-state index contributed by atoms with van der Waals surface area (Å²) in [7, 11) is -1.97. The molecule has 2 aromatic heterocycles. The summed E-state index contributed by atoms with van der Waals surface area (Å²) < 4.78 is 29.8. The van der Waals surface area contributed by atoms with Gasteiger partial charge in [0.15, 0.2) is 0 Å². The van der Waals surface area contributed by atoms with Crippen molar-refractivity contribution in [2.75, 3.05) is 26.2 Å². The van der Waals surface area contributed by atoms with E-state index in [1.54, 1.807) is 18.9 Å². The van der Waals surface area contributed by atoms with Gasteiger partial charge in [0.2, 0.25) is 15.9 Å². The molecule has 0 unspecified atom stereocenters. The van der Waals surface area contributed by atoms with E-state index in [1.165, 1.54) is 32.1 Å². The van der Waals surface area contributed by atoms with Crippen LogP contribution in [0.5, 0.6) is 0 Å². The van der Waals surface area contributed by atoms with Crippen LogP contribution in [-0.2, 0) is 28.4 Å². The Kier molecular flexibility index (Phi) is 5.47. The third-order valence-electron chi connectivity index (χ3n) is 4.77. The summed E-state index contributed by atoms with van der Waals surface area (Å²) in [5.41, 5.74) is 0.562. The lowest BCUT2D eigenvalue weighted by Gasteiger charge is -2.33. The highest BCUT2D eigenvalue weighted by molar-refractivity contribution is 7.89. The number of hydrogen-bond donors (Lipinski definition) is 0. The van der Waals surface area contributed by atoms with E-state index in [2.05, 4.69) is 10.2 Å². The number of nitro groups is 1. The van der Waals surface area contributed by atoms with Gasteiger partial charge in [-0.3, -0.25) is 9.48 Å². The molecule has 0 aromatic carbocycles. The maximum Gasteiger partial charge on any atom is 0.389 e. The van der Waals surface area contributed by atoms with Gasteiger partial charge < -0.3 is 15.0 Å². The predicted octanol–water partition coefficient (Wildman–Crippen LogP) is -0.244. The fourth-order valence-electron chi connectivity index (χ4n) is 2.99. The number of sulfonamides is 1. The van der Waals surface area contributed by atoms with E-state index in [0.29, 0.717) is 5.69 Å². The van der Waals surface area contributed by atoms with Gasteiger partial charge in [0.1, 0.15) is 4.90 Å². The summed E-state index contributed by atoms with van der Waals surface area (Å²) in [4.78, 5) is 24.2. The maximum absolute atomic E-state index is 12.8. The van der Waals surface area contributed by atoms with Gasteiger partial charge in [0, 0.05) is 39.6 Å². The normalized spacial score (nSPS) is 15.7. The number of nitrogens with zero attached hydrogens (tertiary/aromatic N) is 7. The number of piperazine rings is 1. The van der Waals surface area contributed by atoms with Gasteiger partial charge in [-0.05, 0) is 11.8 Å². The van der Waals surface area contributed by atoms with E-state index in [1.807, 2.05) is 0 Å². The zero-order chi connectivity index (χ0) is 20.5. The fourth-order valence-corrected chi connectivity index (χ4v) is 4.60. The van der Waals surface area contributed by atoms with Crippen molar-refractivity contribution in [2.24, 2.45) is 7.05 Å². The molecule has 0 bridgehead atoms. The Bertz CT molecular complexity index is 988. The van der Waals surface area contributed by atoms with Gasteiger partial charge in [-0.1, -0.05) is 0 Å². The molecule has 0 N–H and O–H groups in total. The number of rotatable bonds is 6. The molecule has 13 heteroatoms. The quantitative estimate of drug-likeness (QED) is 0.472. The molecule has 0 atom stereocenters. The zero-order valence-corrected chi connectivity index (χ0v) is 16.4. The zero-order valence-electron chi connectivity index (χ0n) is 15.6. The molecule has 0 saturated carbocycles. The van der Waals surface area contributed by atoms with Crippen molar-refractivity contribution in [2.45, 2.75) is 24.8 Å². The minimum absolute atomic E-state index is 0.132. The van der Waals surface area contributed by atoms with Gasteiger partial charge in [-0.2, -0.15) is 14.1 Å². The van der Waals surface area contributed by atoms with E-state index in [0.717, 1.165) is 0 Å². The first-order chi connectivity index (χ1) is 13.2. The molecule has 1 aliphatic heterocycles. The first kappa shape index (κ1) is 19.9. The Labute approximate surface area is 161 Å². The lowest BCUT2D eigenvalue weighted by Crippen LogP contribution is -2.50. The van der Waals surface area contributed by atoms with E-state index < -0.39 is 14.9 Å². The van der Waals surface area contributed by atoms with Crippen LogP contribution in [0.3, 0.4) is 0 Å². The topological polar surface area (TPSA) is 136 Å². The minimum atomic E-state index is -3.65. The second kappa shape index (κ2) is 7.67. The molecule has 0 spiro atoms.